The molecule has 0 atom stereocenters. The number of rotatable bonds is 5. The molecule has 132 valence electrons. The summed E-state index contributed by atoms with van der Waals surface area (Å²) < 4.78 is 7.22. The topological polar surface area (TPSA) is 87.9 Å². The number of aromatic nitrogens is 2. The van der Waals surface area contributed by atoms with Gasteiger partial charge >= 0.3 is 0 Å². The highest BCUT2D eigenvalue weighted by Crippen LogP contribution is 2.24. The van der Waals surface area contributed by atoms with E-state index in [1.54, 1.807) is 36.5 Å². The molecule has 0 saturated carbocycles. The minimum absolute atomic E-state index is 0.0953. The number of ether oxygens (including phenoxy) is 1. The number of nitrogens with zero attached hydrogens (tertiary/aromatic N) is 2. The number of H-pyrrole nitrogens is 1. The second-order valence-corrected chi connectivity index (χ2v) is 6.24. The van der Waals surface area contributed by atoms with Gasteiger partial charge < -0.3 is 14.3 Å². The van der Waals surface area contributed by atoms with Gasteiger partial charge in [-0.15, -0.1) is 0 Å². The van der Waals surface area contributed by atoms with Gasteiger partial charge in [0.1, 0.15) is 17.4 Å². The summed E-state index contributed by atoms with van der Waals surface area (Å²) in [6, 6.07) is 10.0. The summed E-state index contributed by atoms with van der Waals surface area (Å²) in [4.78, 5) is 27.0. The maximum Gasteiger partial charge on any atom is 0.266 e. The van der Waals surface area contributed by atoms with Gasteiger partial charge in [0.25, 0.3) is 11.1 Å². The quantitative estimate of drug-likeness (QED) is 0.748. The van der Waals surface area contributed by atoms with E-state index < -0.39 is 5.56 Å². The van der Waals surface area contributed by atoms with Gasteiger partial charge in [-0.2, -0.15) is 5.26 Å². The Hall–Kier alpha value is -3.04. The number of aromatic amines is 1. The number of nitrogens with one attached hydrogen (secondary N) is 1. The predicted octanol–water partition coefficient (Wildman–Crippen LogP) is 3.05. The van der Waals surface area contributed by atoms with E-state index >= 15 is 0 Å². The maximum absolute atomic E-state index is 12.8. The summed E-state index contributed by atoms with van der Waals surface area (Å²) in [5.74, 6) is 0.669. The van der Waals surface area contributed by atoms with Crippen molar-refractivity contribution < 1.29 is 4.74 Å². The molecule has 7 heteroatoms. The van der Waals surface area contributed by atoms with Crippen molar-refractivity contribution in [3.63, 3.8) is 0 Å². The van der Waals surface area contributed by atoms with Crippen LogP contribution in [0.1, 0.15) is 24.5 Å². The summed E-state index contributed by atoms with van der Waals surface area (Å²) in [5, 5.41) is 9.84. The number of halogens is 1. The van der Waals surface area contributed by atoms with E-state index in [0.717, 1.165) is 12.0 Å². The van der Waals surface area contributed by atoms with Crippen molar-refractivity contribution in [3.8, 4) is 11.8 Å². The van der Waals surface area contributed by atoms with E-state index in [1.165, 1.54) is 10.6 Å². The number of nitriles is 1. The van der Waals surface area contributed by atoms with Crippen LogP contribution < -0.4 is 15.9 Å². The fraction of sp³-hybridized carbons (Fsp3) is 0.211. The van der Waals surface area contributed by atoms with E-state index in [4.69, 9.17) is 21.6 Å². The minimum Gasteiger partial charge on any atom is -0.493 e. The van der Waals surface area contributed by atoms with Gasteiger partial charge in [-0.1, -0.05) is 18.5 Å². The standard InChI is InChI=1S/C19H16ClN3O3/c1-2-7-26-17-4-3-14(20)8-13(17)11-23-6-5-16-15(19(23)25)9-12(10-21)18(24)22-16/h3-6,8-9H,2,7,11H2,1H3,(H,22,24). The Morgan fingerprint density at radius 2 is 2.08 bits per heavy atom. The number of hydrogen-bond acceptors (Lipinski definition) is 4. The van der Waals surface area contributed by atoms with Crippen LogP contribution in [-0.2, 0) is 6.54 Å². The van der Waals surface area contributed by atoms with E-state index in [-0.39, 0.29) is 23.1 Å². The third kappa shape index (κ3) is 3.48. The third-order valence-electron chi connectivity index (χ3n) is 3.93. The highest BCUT2D eigenvalue weighted by molar-refractivity contribution is 6.30. The first-order valence-corrected chi connectivity index (χ1v) is 8.49. The Kier molecular flexibility index (Phi) is 5.10. The molecule has 0 fully saturated rings. The zero-order valence-electron chi connectivity index (χ0n) is 14.1. The van der Waals surface area contributed by atoms with E-state index in [0.29, 0.717) is 22.9 Å². The molecule has 6 nitrogen and oxygen atoms in total. The summed E-state index contributed by atoms with van der Waals surface area (Å²) in [6.45, 7) is 2.83. The van der Waals surface area contributed by atoms with E-state index in [2.05, 4.69) is 4.98 Å². The highest BCUT2D eigenvalue weighted by atomic mass is 35.5. The lowest BCUT2D eigenvalue weighted by Crippen LogP contribution is -2.22. The summed E-state index contributed by atoms with van der Waals surface area (Å²) >= 11 is 6.09. The molecule has 0 aliphatic carbocycles. The Morgan fingerprint density at radius 1 is 1.27 bits per heavy atom. The average Bonchev–Trinajstić information content (AvgIpc) is 2.63. The number of hydrogen-bond donors (Lipinski definition) is 1. The van der Waals surface area contributed by atoms with Gasteiger partial charge in [0.2, 0.25) is 0 Å². The number of fused-ring (bicyclic) bond motifs is 1. The molecular formula is C19H16ClN3O3. The Balaban J connectivity index is 2.07. The molecule has 0 aliphatic heterocycles. The van der Waals surface area contributed by atoms with E-state index in [9.17, 15) is 9.59 Å². The molecule has 0 saturated heterocycles. The van der Waals surface area contributed by atoms with E-state index in [1.807, 2.05) is 6.92 Å². The molecule has 26 heavy (non-hydrogen) atoms. The van der Waals surface area contributed by atoms with Crippen molar-refractivity contribution in [2.45, 2.75) is 19.9 Å². The first kappa shape index (κ1) is 17.8. The first-order chi connectivity index (χ1) is 12.5. The van der Waals surface area contributed by atoms with Crippen LogP contribution in [0.15, 0.2) is 46.1 Å². The highest BCUT2D eigenvalue weighted by Gasteiger charge is 2.11. The monoisotopic (exact) mass is 369 g/mol. The molecule has 0 amide bonds. The van der Waals surface area contributed by atoms with Crippen LogP contribution in [0, 0.1) is 11.3 Å². The molecule has 3 rings (SSSR count). The van der Waals surface area contributed by atoms with Gasteiger partial charge in [0.15, 0.2) is 0 Å². The Labute approximate surface area is 154 Å². The van der Waals surface area contributed by atoms with Crippen LogP contribution in [0.4, 0.5) is 0 Å². The SMILES string of the molecule is CCCOc1ccc(Cl)cc1Cn1ccc2[nH]c(=O)c(C#N)cc2c1=O. The predicted molar refractivity (Wildman–Crippen MR) is 99.9 cm³/mol. The van der Waals surface area contributed by atoms with Crippen molar-refractivity contribution in [3.05, 3.63) is 73.4 Å². The van der Waals surface area contributed by atoms with Gasteiger partial charge in [0, 0.05) is 16.8 Å². The normalized spacial score (nSPS) is 10.7. The van der Waals surface area contributed by atoms with Gasteiger partial charge in [-0.25, -0.2) is 0 Å². The number of pyridine rings is 2. The molecule has 1 aromatic carbocycles. The maximum atomic E-state index is 12.8. The summed E-state index contributed by atoms with van der Waals surface area (Å²) in [7, 11) is 0. The van der Waals surface area contributed by atoms with Crippen LogP contribution in [0.25, 0.3) is 10.9 Å². The third-order valence-corrected chi connectivity index (χ3v) is 4.16. The molecule has 0 spiro atoms. The molecule has 2 heterocycles. The van der Waals surface area contributed by atoms with Crippen LogP contribution in [0.2, 0.25) is 5.02 Å². The smallest absolute Gasteiger partial charge is 0.266 e. The lowest BCUT2D eigenvalue weighted by Gasteiger charge is -2.13. The van der Waals surface area contributed by atoms with Crippen molar-refractivity contribution in [1.29, 1.82) is 5.26 Å². The van der Waals surface area contributed by atoms with Gasteiger partial charge in [0.05, 0.1) is 24.1 Å². The lowest BCUT2D eigenvalue weighted by molar-refractivity contribution is 0.313. The van der Waals surface area contributed by atoms with Gasteiger partial charge in [-0.05, 0) is 36.8 Å². The molecular weight excluding hydrogens is 354 g/mol. The molecule has 0 aliphatic rings. The first-order valence-electron chi connectivity index (χ1n) is 8.11. The largest absolute Gasteiger partial charge is 0.493 e. The molecule has 0 bridgehead atoms. The number of benzene rings is 1. The second kappa shape index (κ2) is 7.46. The van der Waals surface area contributed by atoms with Crippen LogP contribution in [0.3, 0.4) is 0 Å². The second-order valence-electron chi connectivity index (χ2n) is 5.80. The Morgan fingerprint density at radius 3 is 2.81 bits per heavy atom. The summed E-state index contributed by atoms with van der Waals surface area (Å²) in [6.07, 6.45) is 2.46. The van der Waals surface area contributed by atoms with Crippen LogP contribution >= 0.6 is 11.6 Å². The molecule has 2 aromatic heterocycles. The fourth-order valence-corrected chi connectivity index (χ4v) is 2.85. The fourth-order valence-electron chi connectivity index (χ4n) is 2.66. The molecule has 0 unspecified atom stereocenters. The van der Waals surface area contributed by atoms with Crippen molar-refractivity contribution >= 4 is 22.5 Å². The van der Waals surface area contributed by atoms with Crippen LogP contribution in [-0.4, -0.2) is 16.2 Å². The van der Waals surface area contributed by atoms with Crippen molar-refractivity contribution in [1.82, 2.24) is 9.55 Å². The molecule has 0 radical (unpaired) electrons. The zero-order chi connectivity index (χ0) is 18.7. The lowest BCUT2D eigenvalue weighted by atomic mass is 10.1. The van der Waals surface area contributed by atoms with Gasteiger partial charge in [-0.3, -0.25) is 9.59 Å². The average molecular weight is 370 g/mol. The van der Waals surface area contributed by atoms with Crippen LogP contribution in [0.5, 0.6) is 5.75 Å². The zero-order valence-corrected chi connectivity index (χ0v) is 14.8. The summed E-state index contributed by atoms with van der Waals surface area (Å²) in [5.41, 5.74) is 0.252. The molecule has 3 aromatic rings. The van der Waals surface area contributed by atoms with Crippen molar-refractivity contribution in [2.24, 2.45) is 0 Å². The van der Waals surface area contributed by atoms with Crippen molar-refractivity contribution in [2.75, 3.05) is 6.61 Å². The Bertz CT molecular complexity index is 1130. The molecule has 1 N–H and O–H groups in total. The minimum atomic E-state index is -0.512.